The largest absolute Gasteiger partial charge is 0.480 e. The Bertz CT molecular complexity index is 500. The van der Waals surface area contributed by atoms with Gasteiger partial charge in [-0.25, -0.2) is 0 Å². The fourth-order valence-corrected chi connectivity index (χ4v) is 3.27. The van der Waals surface area contributed by atoms with Crippen molar-refractivity contribution < 1.29 is 24.3 Å². The van der Waals surface area contributed by atoms with Gasteiger partial charge in [-0.05, 0) is 12.0 Å². The van der Waals surface area contributed by atoms with Gasteiger partial charge in [-0.3, -0.25) is 14.3 Å². The van der Waals surface area contributed by atoms with Crippen LogP contribution in [0.15, 0.2) is 30.3 Å². The smallest absolute Gasteiger partial charge is 0.329 e. The molecule has 1 aromatic carbocycles. The maximum atomic E-state index is 11.3. The monoisotopic (exact) mass is 285 g/mol. The first-order valence-corrected chi connectivity index (χ1v) is 7.62. The van der Waals surface area contributed by atoms with E-state index in [9.17, 15) is 19.1 Å². The van der Waals surface area contributed by atoms with E-state index in [1.54, 1.807) is 4.90 Å². The lowest BCUT2D eigenvalue weighted by atomic mass is 10.2. The average Bonchev–Trinajstić information content (AvgIpc) is 2.74. The van der Waals surface area contributed by atoms with Gasteiger partial charge >= 0.3 is 13.6 Å². The van der Waals surface area contributed by atoms with Crippen molar-refractivity contribution in [1.29, 1.82) is 0 Å². The van der Waals surface area contributed by atoms with Crippen LogP contribution in [0.3, 0.4) is 0 Å². The normalized spacial score (nSPS) is 24.5. The Morgan fingerprint density at radius 1 is 1.32 bits per heavy atom. The lowest BCUT2D eigenvalue weighted by Gasteiger charge is -2.21. The van der Waals surface area contributed by atoms with Crippen LogP contribution in [-0.4, -0.2) is 44.0 Å². The highest BCUT2D eigenvalue weighted by atomic mass is 31.2. The van der Waals surface area contributed by atoms with Crippen LogP contribution in [0.5, 0.6) is 0 Å². The zero-order valence-corrected chi connectivity index (χ0v) is 11.1. The van der Waals surface area contributed by atoms with Crippen molar-refractivity contribution in [3.63, 3.8) is 0 Å². The summed E-state index contributed by atoms with van der Waals surface area (Å²) in [7, 11) is -4.24. The van der Waals surface area contributed by atoms with Gasteiger partial charge in [-0.1, -0.05) is 30.3 Å². The van der Waals surface area contributed by atoms with E-state index in [-0.39, 0.29) is 13.0 Å². The van der Waals surface area contributed by atoms with Crippen molar-refractivity contribution in [1.82, 2.24) is 4.90 Å². The summed E-state index contributed by atoms with van der Waals surface area (Å²) in [5.74, 6) is -1.04. The molecule has 7 heteroatoms. The predicted molar refractivity (Wildman–Crippen MR) is 68.7 cm³/mol. The first kappa shape index (κ1) is 14.2. The highest BCUT2D eigenvalue weighted by Gasteiger charge is 2.44. The lowest BCUT2D eigenvalue weighted by molar-refractivity contribution is -0.142. The van der Waals surface area contributed by atoms with E-state index in [1.165, 1.54) is 0 Å². The molecule has 1 heterocycles. The van der Waals surface area contributed by atoms with Crippen molar-refractivity contribution in [2.75, 3.05) is 6.54 Å². The summed E-state index contributed by atoms with van der Waals surface area (Å²) < 4.78 is 11.3. The molecular formula is C12H16NO5P. The van der Waals surface area contributed by atoms with Crippen LogP contribution in [0.4, 0.5) is 0 Å². The molecule has 0 aromatic heterocycles. The Labute approximate surface area is 110 Å². The van der Waals surface area contributed by atoms with Crippen molar-refractivity contribution in [3.05, 3.63) is 35.9 Å². The number of hydrogen-bond donors (Lipinski definition) is 3. The molecule has 1 aliphatic heterocycles. The maximum Gasteiger partial charge on any atom is 0.329 e. The fraction of sp³-hybridized carbons (Fsp3) is 0.417. The molecule has 0 aliphatic carbocycles. The van der Waals surface area contributed by atoms with E-state index in [2.05, 4.69) is 0 Å². The van der Waals surface area contributed by atoms with E-state index in [1.807, 2.05) is 30.3 Å². The van der Waals surface area contributed by atoms with Gasteiger partial charge in [0.2, 0.25) is 0 Å². The van der Waals surface area contributed by atoms with E-state index in [0.717, 1.165) is 5.56 Å². The molecule has 2 atom stereocenters. The average molecular weight is 285 g/mol. The van der Waals surface area contributed by atoms with Crippen LogP contribution in [0, 0.1) is 0 Å². The zero-order valence-electron chi connectivity index (χ0n) is 10.2. The second-order valence-corrected chi connectivity index (χ2v) is 6.66. The number of rotatable bonds is 4. The number of carboxylic acid groups (broad SMARTS) is 1. The minimum atomic E-state index is -4.24. The van der Waals surface area contributed by atoms with E-state index in [0.29, 0.717) is 6.54 Å². The summed E-state index contributed by atoms with van der Waals surface area (Å²) in [6, 6.07) is 8.45. The first-order chi connectivity index (χ1) is 8.88. The number of carbonyl (C=O) groups is 1. The van der Waals surface area contributed by atoms with Gasteiger partial charge in [0.05, 0.1) is 5.66 Å². The highest BCUT2D eigenvalue weighted by molar-refractivity contribution is 7.52. The molecule has 0 spiro atoms. The molecule has 2 rings (SSSR count). The number of likely N-dealkylation sites (tertiary alicyclic amines) is 1. The number of carboxylic acids is 1. The minimum Gasteiger partial charge on any atom is -0.480 e. The van der Waals surface area contributed by atoms with Crippen LogP contribution < -0.4 is 0 Å². The molecule has 2 unspecified atom stereocenters. The van der Waals surface area contributed by atoms with Gasteiger partial charge in [0.25, 0.3) is 0 Å². The third-order valence-corrected chi connectivity index (χ3v) is 4.70. The Hall–Kier alpha value is -1.20. The number of hydrogen-bond acceptors (Lipinski definition) is 3. The molecule has 1 saturated heterocycles. The molecule has 104 valence electrons. The van der Waals surface area contributed by atoms with E-state index < -0.39 is 25.3 Å². The van der Waals surface area contributed by atoms with E-state index >= 15 is 0 Å². The maximum absolute atomic E-state index is 11.3. The number of nitrogens with zero attached hydrogens (tertiary/aromatic N) is 1. The number of benzene rings is 1. The van der Waals surface area contributed by atoms with Crippen LogP contribution >= 0.6 is 7.60 Å². The fourth-order valence-electron chi connectivity index (χ4n) is 2.37. The Morgan fingerprint density at radius 3 is 2.47 bits per heavy atom. The van der Waals surface area contributed by atoms with Gasteiger partial charge < -0.3 is 14.9 Å². The predicted octanol–water partition coefficient (Wildman–Crippen LogP) is 0.892. The summed E-state index contributed by atoms with van der Waals surface area (Å²) in [4.78, 5) is 31.2. The van der Waals surface area contributed by atoms with Gasteiger partial charge in [-0.2, -0.15) is 0 Å². The first-order valence-electron chi connectivity index (χ1n) is 5.94. The van der Waals surface area contributed by atoms with Gasteiger partial charge in [0, 0.05) is 13.1 Å². The van der Waals surface area contributed by atoms with Crippen molar-refractivity contribution in [2.45, 2.75) is 24.7 Å². The Kier molecular flexibility index (Phi) is 4.06. The molecule has 6 nitrogen and oxygen atoms in total. The van der Waals surface area contributed by atoms with E-state index in [4.69, 9.17) is 5.11 Å². The summed E-state index contributed by atoms with van der Waals surface area (Å²) in [5.41, 5.74) is 0.0393. The molecule has 0 bridgehead atoms. The molecular weight excluding hydrogens is 269 g/mol. The van der Waals surface area contributed by atoms with Crippen molar-refractivity contribution in [2.24, 2.45) is 0 Å². The van der Waals surface area contributed by atoms with Crippen LogP contribution in [0.2, 0.25) is 0 Å². The van der Waals surface area contributed by atoms with Gasteiger partial charge in [0.1, 0.15) is 6.04 Å². The SMILES string of the molecule is O=C(O)C1CC(P(=O)(O)O)CN1Cc1ccccc1. The third kappa shape index (κ3) is 3.42. The number of aliphatic carboxylic acids is 1. The molecule has 0 radical (unpaired) electrons. The molecule has 0 amide bonds. The van der Waals surface area contributed by atoms with Gasteiger partial charge in [-0.15, -0.1) is 0 Å². The van der Waals surface area contributed by atoms with Crippen LogP contribution in [0.1, 0.15) is 12.0 Å². The molecule has 19 heavy (non-hydrogen) atoms. The molecule has 1 aromatic rings. The quantitative estimate of drug-likeness (QED) is 0.711. The lowest BCUT2D eigenvalue weighted by Crippen LogP contribution is -2.35. The molecule has 1 fully saturated rings. The Balaban J connectivity index is 2.14. The Morgan fingerprint density at radius 2 is 1.95 bits per heavy atom. The molecule has 3 N–H and O–H groups in total. The van der Waals surface area contributed by atoms with Gasteiger partial charge in [0.15, 0.2) is 0 Å². The van der Waals surface area contributed by atoms with Crippen LogP contribution in [-0.2, 0) is 15.9 Å². The van der Waals surface area contributed by atoms with Crippen LogP contribution in [0.25, 0.3) is 0 Å². The standard InChI is InChI=1S/C12H16NO5P/c14-12(15)11-6-10(19(16,17)18)8-13(11)7-9-4-2-1-3-5-9/h1-5,10-11H,6-8H2,(H,14,15)(H2,16,17,18). The summed E-state index contributed by atoms with van der Waals surface area (Å²) in [6.07, 6.45) is -0.00750. The second kappa shape index (κ2) is 5.43. The third-order valence-electron chi connectivity index (χ3n) is 3.37. The second-order valence-electron chi connectivity index (χ2n) is 4.75. The summed E-state index contributed by atoms with van der Waals surface area (Å²) >= 11 is 0. The van der Waals surface area contributed by atoms with Crippen molar-refractivity contribution in [3.8, 4) is 0 Å². The topological polar surface area (TPSA) is 98.1 Å². The highest BCUT2D eigenvalue weighted by Crippen LogP contribution is 2.47. The minimum absolute atomic E-state index is 0.00750. The zero-order chi connectivity index (χ0) is 14.0. The summed E-state index contributed by atoms with van der Waals surface area (Å²) in [5, 5.41) is 9.15. The molecule has 1 aliphatic rings. The summed E-state index contributed by atoms with van der Waals surface area (Å²) in [6.45, 7) is 0.491. The van der Waals surface area contributed by atoms with Crippen molar-refractivity contribution >= 4 is 13.6 Å². The molecule has 0 saturated carbocycles.